The number of hydrogen-bond acceptors (Lipinski definition) is 0. The molecule has 1 atom stereocenters. The van der Waals surface area contributed by atoms with E-state index in [2.05, 4.69) is 133 Å². The third-order valence-electron chi connectivity index (χ3n) is 6.31. The fourth-order valence-corrected chi connectivity index (χ4v) is 5.13. The summed E-state index contributed by atoms with van der Waals surface area (Å²) < 4.78 is 0. The van der Waals surface area contributed by atoms with Gasteiger partial charge >= 0.3 is 0 Å². The topological polar surface area (TPSA) is 0 Å². The van der Waals surface area contributed by atoms with Crippen molar-refractivity contribution in [3.05, 3.63) is 90.5 Å². The highest BCUT2D eigenvalue weighted by Gasteiger charge is 2.52. The van der Waals surface area contributed by atoms with Crippen molar-refractivity contribution in [1.82, 2.24) is 0 Å². The minimum atomic E-state index is 0.0647. The van der Waals surface area contributed by atoms with Gasteiger partial charge < -0.3 is 0 Å². The van der Waals surface area contributed by atoms with Gasteiger partial charge in [-0.05, 0) is 27.5 Å². The first-order chi connectivity index (χ1) is 13.1. The molecule has 0 N–H and O–H groups in total. The Labute approximate surface area is 171 Å². The maximum absolute atomic E-state index is 2.44. The summed E-state index contributed by atoms with van der Waals surface area (Å²) in [6.07, 6.45) is 13.9. The van der Waals surface area contributed by atoms with Gasteiger partial charge in [-0.15, -0.1) is 0 Å². The zero-order valence-corrected chi connectivity index (χ0v) is 18.2. The van der Waals surface area contributed by atoms with E-state index in [1.165, 1.54) is 16.7 Å². The Morgan fingerprint density at radius 1 is 0.714 bits per heavy atom. The summed E-state index contributed by atoms with van der Waals surface area (Å²) in [4.78, 5) is 0. The summed E-state index contributed by atoms with van der Waals surface area (Å²) in [5.74, 6) is 0.367. The molecule has 0 aromatic heterocycles. The van der Waals surface area contributed by atoms with Crippen LogP contribution in [0.4, 0.5) is 0 Å². The predicted octanol–water partition coefficient (Wildman–Crippen LogP) is 8.19. The Balaban J connectivity index is 1.90. The standard InChI is InChI=1S/C28H34/c1-26(2,3)28(27(4,5)6)21-11-10-14-25(28)20-17-22-15-18-24(19-16-22)23-12-8-7-9-13-23/h7-21,25H,1-6H3. The summed E-state index contributed by atoms with van der Waals surface area (Å²) in [6.45, 7) is 14.2. The van der Waals surface area contributed by atoms with Crippen LogP contribution in [0.5, 0.6) is 0 Å². The fourth-order valence-electron chi connectivity index (χ4n) is 5.13. The molecule has 2 aromatic carbocycles. The third kappa shape index (κ3) is 3.78. The molecule has 1 aliphatic rings. The highest BCUT2D eigenvalue weighted by atomic mass is 14.6. The van der Waals surface area contributed by atoms with Crippen molar-refractivity contribution < 1.29 is 0 Å². The van der Waals surface area contributed by atoms with E-state index in [0.717, 1.165) is 0 Å². The van der Waals surface area contributed by atoms with Gasteiger partial charge in [0.25, 0.3) is 0 Å². The molecule has 0 nitrogen and oxygen atoms in total. The van der Waals surface area contributed by atoms with Crippen LogP contribution in [0.2, 0.25) is 0 Å². The van der Waals surface area contributed by atoms with Crippen LogP contribution in [0.1, 0.15) is 47.1 Å². The largest absolute Gasteiger partial charge is 0.0767 e. The Morgan fingerprint density at radius 2 is 1.29 bits per heavy atom. The molecule has 0 saturated carbocycles. The van der Waals surface area contributed by atoms with Crippen LogP contribution in [-0.2, 0) is 0 Å². The summed E-state index contributed by atoms with van der Waals surface area (Å²) in [5.41, 5.74) is 4.14. The average Bonchev–Trinajstić information content (AvgIpc) is 2.66. The Hall–Kier alpha value is -2.34. The smallest absolute Gasteiger partial charge is 0.00793 e. The molecule has 146 valence electrons. The average molecular weight is 371 g/mol. The van der Waals surface area contributed by atoms with Crippen molar-refractivity contribution in [1.29, 1.82) is 0 Å². The molecule has 28 heavy (non-hydrogen) atoms. The summed E-state index contributed by atoms with van der Waals surface area (Å²) in [6, 6.07) is 19.4. The van der Waals surface area contributed by atoms with Crippen LogP contribution in [0.3, 0.4) is 0 Å². The molecule has 0 heteroatoms. The second-order valence-corrected chi connectivity index (χ2v) is 9.99. The number of rotatable bonds is 3. The predicted molar refractivity (Wildman–Crippen MR) is 124 cm³/mol. The monoisotopic (exact) mass is 370 g/mol. The van der Waals surface area contributed by atoms with E-state index < -0.39 is 0 Å². The molecular weight excluding hydrogens is 336 g/mol. The van der Waals surface area contributed by atoms with E-state index in [1.807, 2.05) is 0 Å². The number of hydrogen-bond donors (Lipinski definition) is 0. The van der Waals surface area contributed by atoms with Crippen molar-refractivity contribution >= 4 is 6.08 Å². The quantitative estimate of drug-likeness (QED) is 0.511. The van der Waals surface area contributed by atoms with Crippen molar-refractivity contribution in [3.63, 3.8) is 0 Å². The zero-order chi connectivity index (χ0) is 20.4. The van der Waals surface area contributed by atoms with Crippen molar-refractivity contribution in [2.24, 2.45) is 22.2 Å². The fraction of sp³-hybridized carbons (Fsp3) is 0.357. The van der Waals surface area contributed by atoms with Crippen molar-refractivity contribution in [3.8, 4) is 11.1 Å². The van der Waals surface area contributed by atoms with Gasteiger partial charge in [-0.2, -0.15) is 0 Å². The highest BCUT2D eigenvalue weighted by molar-refractivity contribution is 5.65. The number of allylic oxidation sites excluding steroid dienone is 5. The molecule has 0 spiro atoms. The van der Waals surface area contributed by atoms with Gasteiger partial charge in [-0.1, -0.05) is 133 Å². The molecule has 0 aliphatic heterocycles. The molecule has 1 unspecified atom stereocenters. The summed E-state index contributed by atoms with van der Waals surface area (Å²) in [5, 5.41) is 0. The lowest BCUT2D eigenvalue weighted by Crippen LogP contribution is -2.49. The van der Waals surface area contributed by atoms with Gasteiger partial charge in [0.05, 0.1) is 0 Å². The van der Waals surface area contributed by atoms with E-state index in [1.54, 1.807) is 0 Å². The molecule has 0 heterocycles. The second kappa shape index (κ2) is 7.59. The van der Waals surface area contributed by atoms with Gasteiger partial charge in [0, 0.05) is 11.3 Å². The first-order valence-corrected chi connectivity index (χ1v) is 10.3. The lowest BCUT2D eigenvalue weighted by atomic mass is 9.48. The maximum atomic E-state index is 2.44. The van der Waals surface area contributed by atoms with Gasteiger partial charge in [-0.25, -0.2) is 0 Å². The van der Waals surface area contributed by atoms with Gasteiger partial charge in [0.15, 0.2) is 0 Å². The van der Waals surface area contributed by atoms with E-state index in [9.17, 15) is 0 Å². The first kappa shape index (κ1) is 20.4. The van der Waals surface area contributed by atoms with Crippen LogP contribution in [0, 0.1) is 22.2 Å². The van der Waals surface area contributed by atoms with Gasteiger partial charge in [-0.3, -0.25) is 0 Å². The van der Waals surface area contributed by atoms with E-state index in [-0.39, 0.29) is 16.2 Å². The minimum absolute atomic E-state index is 0.0647. The van der Waals surface area contributed by atoms with Crippen LogP contribution in [0.25, 0.3) is 17.2 Å². The van der Waals surface area contributed by atoms with E-state index in [4.69, 9.17) is 0 Å². The van der Waals surface area contributed by atoms with Gasteiger partial charge in [0.2, 0.25) is 0 Å². The maximum Gasteiger partial charge on any atom is 0.00793 e. The molecule has 0 amide bonds. The third-order valence-corrected chi connectivity index (χ3v) is 6.31. The first-order valence-electron chi connectivity index (χ1n) is 10.3. The lowest BCUT2D eigenvalue weighted by Gasteiger charge is -2.56. The number of benzene rings is 2. The summed E-state index contributed by atoms with van der Waals surface area (Å²) >= 11 is 0. The molecule has 0 fully saturated rings. The molecule has 0 bridgehead atoms. The molecule has 0 saturated heterocycles. The highest BCUT2D eigenvalue weighted by Crippen LogP contribution is 2.59. The van der Waals surface area contributed by atoms with E-state index in [0.29, 0.717) is 5.92 Å². The normalized spacial score (nSPS) is 19.3. The Kier molecular flexibility index (Phi) is 5.53. The van der Waals surface area contributed by atoms with Crippen LogP contribution in [0.15, 0.2) is 85.0 Å². The zero-order valence-electron chi connectivity index (χ0n) is 18.2. The minimum Gasteiger partial charge on any atom is -0.0767 e. The van der Waals surface area contributed by atoms with Crippen molar-refractivity contribution in [2.75, 3.05) is 0 Å². The Bertz CT molecular complexity index is 848. The van der Waals surface area contributed by atoms with Crippen LogP contribution >= 0.6 is 0 Å². The molecule has 1 aliphatic carbocycles. The summed E-state index contributed by atoms with van der Waals surface area (Å²) in [7, 11) is 0. The molecule has 3 rings (SSSR count). The Morgan fingerprint density at radius 3 is 1.86 bits per heavy atom. The SMILES string of the molecule is CC(C)(C)C1(C(C)(C)C)C=CC=CC1C=Cc1ccc(-c2ccccc2)cc1. The van der Waals surface area contributed by atoms with Crippen molar-refractivity contribution in [2.45, 2.75) is 41.5 Å². The molecule has 2 aromatic rings. The second-order valence-electron chi connectivity index (χ2n) is 9.99. The van der Waals surface area contributed by atoms with Gasteiger partial charge in [0.1, 0.15) is 0 Å². The molecular formula is C28H34. The lowest BCUT2D eigenvalue weighted by molar-refractivity contribution is -0.00804. The van der Waals surface area contributed by atoms with E-state index >= 15 is 0 Å². The molecule has 0 radical (unpaired) electrons. The van der Waals surface area contributed by atoms with Crippen LogP contribution < -0.4 is 0 Å². The van der Waals surface area contributed by atoms with Crippen LogP contribution in [-0.4, -0.2) is 0 Å².